The summed E-state index contributed by atoms with van der Waals surface area (Å²) < 4.78 is 11.4. The highest BCUT2D eigenvalue weighted by Gasteiger charge is 2.17. The van der Waals surface area contributed by atoms with Gasteiger partial charge in [-0.1, -0.05) is 84.9 Å². The third kappa shape index (κ3) is 9.32. The summed E-state index contributed by atoms with van der Waals surface area (Å²) in [4.78, 5) is 12.2. The van der Waals surface area contributed by atoms with Crippen LogP contribution in [0.5, 0.6) is 11.5 Å². The molecule has 0 aliphatic carbocycles. The van der Waals surface area contributed by atoms with Gasteiger partial charge < -0.3 is 14.8 Å². The number of rotatable bonds is 11. The first kappa shape index (κ1) is 31.1. The zero-order chi connectivity index (χ0) is 31.6. The molecule has 0 fully saturated rings. The van der Waals surface area contributed by atoms with E-state index in [4.69, 9.17) is 9.47 Å². The van der Waals surface area contributed by atoms with E-state index in [-0.39, 0.29) is 12.4 Å². The number of hydrogen-bond donors (Lipinski definition) is 1. The van der Waals surface area contributed by atoms with Crippen LogP contribution in [0.1, 0.15) is 59.7 Å². The largest absolute Gasteiger partial charge is 0.460 e. The van der Waals surface area contributed by atoms with Gasteiger partial charge in [0.1, 0.15) is 23.2 Å². The molecule has 5 aromatic rings. The molecule has 5 nitrogen and oxygen atoms in total. The summed E-state index contributed by atoms with van der Waals surface area (Å²) >= 11 is 0. The lowest BCUT2D eigenvalue weighted by molar-refractivity contribution is -0.153. The molecule has 0 spiro atoms. The average molecular weight is 595 g/mol. The van der Waals surface area contributed by atoms with Crippen molar-refractivity contribution in [1.82, 2.24) is 0 Å². The van der Waals surface area contributed by atoms with Gasteiger partial charge in [0, 0.05) is 12.2 Å². The summed E-state index contributed by atoms with van der Waals surface area (Å²) in [5, 5.41) is 13.2. The number of benzene rings is 5. The van der Waals surface area contributed by atoms with Gasteiger partial charge in [-0.25, -0.2) is 0 Å². The average Bonchev–Trinajstić information content (AvgIpc) is 3.02. The lowest BCUT2D eigenvalue weighted by Gasteiger charge is -2.19. The van der Waals surface area contributed by atoms with Crippen LogP contribution in [0.3, 0.4) is 0 Å². The van der Waals surface area contributed by atoms with Crippen LogP contribution in [-0.4, -0.2) is 11.6 Å². The van der Waals surface area contributed by atoms with E-state index in [2.05, 4.69) is 90.2 Å². The minimum absolute atomic E-state index is 0.0934. The van der Waals surface area contributed by atoms with Gasteiger partial charge in [-0.2, -0.15) is 5.26 Å². The number of anilines is 1. The van der Waals surface area contributed by atoms with Crippen molar-refractivity contribution in [2.24, 2.45) is 0 Å². The number of hydrogen-bond acceptors (Lipinski definition) is 5. The van der Waals surface area contributed by atoms with Crippen molar-refractivity contribution in [3.05, 3.63) is 160 Å². The molecule has 0 saturated carbocycles. The van der Waals surface area contributed by atoms with Crippen LogP contribution in [0.25, 0.3) is 0 Å². The molecule has 226 valence electrons. The lowest BCUT2D eigenvalue weighted by Crippen LogP contribution is -2.24. The quantitative estimate of drug-likeness (QED) is 0.155. The molecule has 0 saturated heterocycles. The van der Waals surface area contributed by atoms with Crippen LogP contribution in [0, 0.1) is 11.3 Å². The standard InChI is InChI=1S/C40H38N2O3/c1-40(2,3)45-39(43)26-31-15-21-38(35(24-31)27-41)44-37-19-17-36(18-20-37)42-28-32-14-16-33(22-29-10-6-4-7-11-29)34(25-32)23-30-12-8-5-9-13-30/h4-21,24-25,42H,22-23,26,28H2,1-3H3. The maximum absolute atomic E-state index is 12.2. The predicted molar refractivity (Wildman–Crippen MR) is 179 cm³/mol. The van der Waals surface area contributed by atoms with Crippen molar-refractivity contribution >= 4 is 11.7 Å². The molecule has 1 N–H and O–H groups in total. The first-order chi connectivity index (χ1) is 21.7. The second-order valence-corrected chi connectivity index (χ2v) is 12.1. The van der Waals surface area contributed by atoms with Gasteiger partial charge in [0.15, 0.2) is 0 Å². The van der Waals surface area contributed by atoms with Gasteiger partial charge in [-0.3, -0.25) is 4.79 Å². The summed E-state index contributed by atoms with van der Waals surface area (Å²) in [5.41, 5.74) is 7.95. The van der Waals surface area contributed by atoms with Crippen molar-refractivity contribution in [2.45, 2.75) is 52.2 Å². The Morgan fingerprint density at radius 1 is 0.711 bits per heavy atom. The van der Waals surface area contributed by atoms with E-state index in [9.17, 15) is 10.1 Å². The normalized spacial score (nSPS) is 11.0. The van der Waals surface area contributed by atoms with Crippen molar-refractivity contribution in [3.63, 3.8) is 0 Å². The molecule has 0 aromatic heterocycles. The molecule has 0 heterocycles. The van der Waals surface area contributed by atoms with Crippen LogP contribution in [0.2, 0.25) is 0 Å². The van der Waals surface area contributed by atoms with Crippen LogP contribution >= 0.6 is 0 Å². The van der Waals surface area contributed by atoms with Gasteiger partial charge in [-0.15, -0.1) is 0 Å². The molecule has 45 heavy (non-hydrogen) atoms. The molecule has 5 rings (SSSR count). The molecule has 0 amide bonds. The van der Waals surface area contributed by atoms with E-state index in [1.807, 2.05) is 45.0 Å². The number of carbonyl (C=O) groups is 1. The molecule has 5 aromatic carbocycles. The molecule has 0 bridgehead atoms. The fourth-order valence-electron chi connectivity index (χ4n) is 5.14. The predicted octanol–water partition coefficient (Wildman–Crippen LogP) is 9.03. The molecular weight excluding hydrogens is 556 g/mol. The Hall–Kier alpha value is -5.34. The van der Waals surface area contributed by atoms with E-state index in [0.29, 0.717) is 29.2 Å². The van der Waals surface area contributed by atoms with Crippen LogP contribution in [0.4, 0.5) is 5.69 Å². The summed E-state index contributed by atoms with van der Waals surface area (Å²) in [7, 11) is 0. The Bertz CT molecular complexity index is 1770. The van der Waals surface area contributed by atoms with Crippen molar-refractivity contribution in [1.29, 1.82) is 5.26 Å². The SMILES string of the molecule is CC(C)(C)OC(=O)Cc1ccc(Oc2ccc(NCc3ccc(Cc4ccccc4)c(Cc4ccccc4)c3)cc2)c(C#N)c1. The summed E-state index contributed by atoms with van der Waals surface area (Å²) in [6, 6.07) is 43.0. The Balaban J connectivity index is 1.23. The summed E-state index contributed by atoms with van der Waals surface area (Å²) in [6.45, 7) is 6.18. The first-order valence-corrected chi connectivity index (χ1v) is 15.2. The minimum atomic E-state index is -0.558. The topological polar surface area (TPSA) is 71.3 Å². The molecule has 0 atom stereocenters. The van der Waals surface area contributed by atoms with Crippen LogP contribution < -0.4 is 10.1 Å². The van der Waals surface area contributed by atoms with Crippen molar-refractivity contribution < 1.29 is 14.3 Å². The fourth-order valence-corrected chi connectivity index (χ4v) is 5.14. The van der Waals surface area contributed by atoms with Gasteiger partial charge in [0.2, 0.25) is 0 Å². The summed E-state index contributed by atoms with van der Waals surface area (Å²) in [6.07, 6.45) is 1.88. The molecular formula is C40H38N2O3. The van der Waals surface area contributed by atoms with Gasteiger partial charge in [-0.05, 0) is 103 Å². The van der Waals surface area contributed by atoms with Gasteiger partial charge in [0.05, 0.1) is 12.0 Å². The number of carbonyl (C=O) groups excluding carboxylic acids is 1. The van der Waals surface area contributed by atoms with Gasteiger partial charge in [0.25, 0.3) is 0 Å². The monoisotopic (exact) mass is 594 g/mol. The van der Waals surface area contributed by atoms with E-state index in [0.717, 1.165) is 18.5 Å². The molecule has 0 aliphatic rings. The van der Waals surface area contributed by atoms with E-state index < -0.39 is 5.60 Å². The zero-order valence-corrected chi connectivity index (χ0v) is 26.0. The fraction of sp³-hybridized carbons (Fsp3) is 0.200. The third-order valence-corrected chi connectivity index (χ3v) is 7.26. The highest BCUT2D eigenvalue weighted by atomic mass is 16.6. The maximum atomic E-state index is 12.2. The smallest absolute Gasteiger partial charge is 0.310 e. The number of nitrogens with zero attached hydrogens (tertiary/aromatic N) is 1. The third-order valence-electron chi connectivity index (χ3n) is 7.26. The van der Waals surface area contributed by atoms with Crippen LogP contribution in [0.15, 0.2) is 121 Å². The molecule has 0 radical (unpaired) electrons. The molecule has 5 heteroatoms. The second kappa shape index (κ2) is 14.4. The number of ether oxygens (including phenoxy) is 2. The molecule has 0 aliphatic heterocycles. The minimum Gasteiger partial charge on any atom is -0.460 e. The number of nitriles is 1. The lowest BCUT2D eigenvalue weighted by atomic mass is 9.93. The summed E-state index contributed by atoms with van der Waals surface area (Å²) in [5.74, 6) is 0.721. The molecule has 0 unspecified atom stereocenters. The highest BCUT2D eigenvalue weighted by Crippen LogP contribution is 2.28. The van der Waals surface area contributed by atoms with Crippen LogP contribution in [-0.2, 0) is 35.3 Å². The maximum Gasteiger partial charge on any atom is 0.310 e. The second-order valence-electron chi connectivity index (χ2n) is 12.1. The number of nitrogens with one attached hydrogen (secondary N) is 1. The van der Waals surface area contributed by atoms with E-state index in [1.54, 1.807) is 18.2 Å². The Morgan fingerprint density at radius 3 is 1.96 bits per heavy atom. The van der Waals surface area contributed by atoms with Gasteiger partial charge >= 0.3 is 5.97 Å². The number of esters is 1. The Kier molecular flexibility index (Phi) is 9.97. The highest BCUT2D eigenvalue weighted by molar-refractivity contribution is 5.73. The zero-order valence-electron chi connectivity index (χ0n) is 26.0. The Labute approximate surface area is 266 Å². The first-order valence-electron chi connectivity index (χ1n) is 15.2. The Morgan fingerprint density at radius 2 is 1.33 bits per heavy atom. The van der Waals surface area contributed by atoms with Crippen molar-refractivity contribution in [3.8, 4) is 17.6 Å². The van der Waals surface area contributed by atoms with E-state index >= 15 is 0 Å². The van der Waals surface area contributed by atoms with Crippen molar-refractivity contribution in [2.75, 3.05) is 5.32 Å². The van der Waals surface area contributed by atoms with E-state index in [1.165, 1.54) is 27.8 Å².